The van der Waals surface area contributed by atoms with Crippen molar-refractivity contribution in [3.05, 3.63) is 35.9 Å². The molecule has 0 spiro atoms. The molecular weight excluding hydrogens is 406 g/mol. The lowest BCUT2D eigenvalue weighted by Gasteiger charge is -2.29. The van der Waals surface area contributed by atoms with Crippen LogP contribution >= 0.6 is 0 Å². The fraction of sp³-hybridized carbons (Fsp3) is 0.640. The van der Waals surface area contributed by atoms with E-state index in [0.29, 0.717) is 12.8 Å². The zero-order valence-electron chi connectivity index (χ0n) is 19.7. The lowest BCUT2D eigenvalue weighted by molar-refractivity contribution is -0.158. The molecule has 0 bridgehead atoms. The summed E-state index contributed by atoms with van der Waals surface area (Å²) in [4.78, 5) is 39.3. The summed E-state index contributed by atoms with van der Waals surface area (Å²) in [5, 5.41) is 9.91. The molecule has 0 aromatic heterocycles. The second-order valence-electron chi connectivity index (χ2n) is 8.62. The average Bonchev–Trinajstić information content (AvgIpc) is 2.74. The minimum absolute atomic E-state index is 0.0454. The Morgan fingerprint density at radius 3 is 1.72 bits per heavy atom. The molecule has 0 unspecified atom stereocenters. The Morgan fingerprint density at radius 1 is 0.844 bits per heavy atom. The molecular formula is C25H41N3O4. The van der Waals surface area contributed by atoms with E-state index in [1.807, 2.05) is 6.07 Å². The number of aliphatic carboxylic acids is 1. The maximum absolute atomic E-state index is 13.1. The number of unbranched alkanes of at least 4 members (excludes halogenated alkanes) is 4. The van der Waals surface area contributed by atoms with Gasteiger partial charge in [-0.2, -0.15) is 0 Å². The number of carboxylic acid groups (broad SMARTS) is 1. The van der Waals surface area contributed by atoms with Gasteiger partial charge in [-0.1, -0.05) is 82.7 Å². The molecule has 2 amide bonds. The molecule has 1 rings (SSSR count). The Kier molecular flexibility index (Phi) is 13.5. The molecule has 0 aliphatic carbocycles. The van der Waals surface area contributed by atoms with Crippen molar-refractivity contribution in [3.63, 3.8) is 0 Å². The Bertz CT molecular complexity index is 666. The van der Waals surface area contributed by atoms with Gasteiger partial charge in [-0.25, -0.2) is 4.79 Å². The van der Waals surface area contributed by atoms with Crippen LogP contribution in [0, 0.1) is 0 Å². The molecule has 0 aliphatic heterocycles. The normalized spacial score (nSPS) is 13.9. The van der Waals surface area contributed by atoms with Gasteiger partial charge >= 0.3 is 5.97 Å². The van der Waals surface area contributed by atoms with Crippen molar-refractivity contribution in [2.75, 3.05) is 0 Å². The molecule has 0 fully saturated rings. The van der Waals surface area contributed by atoms with E-state index in [0.717, 1.165) is 49.0 Å². The molecule has 32 heavy (non-hydrogen) atoms. The van der Waals surface area contributed by atoms with Gasteiger partial charge < -0.3 is 16.6 Å². The third-order valence-electron chi connectivity index (χ3n) is 5.64. The first-order chi connectivity index (χ1) is 15.3. The zero-order chi connectivity index (χ0) is 23.9. The summed E-state index contributed by atoms with van der Waals surface area (Å²) in [5.74, 6) is -2.29. The van der Waals surface area contributed by atoms with Crippen molar-refractivity contribution in [3.8, 4) is 0 Å². The van der Waals surface area contributed by atoms with E-state index in [4.69, 9.17) is 11.5 Å². The number of nitrogens with zero attached hydrogens (tertiary/aromatic N) is 1. The zero-order valence-corrected chi connectivity index (χ0v) is 19.7. The van der Waals surface area contributed by atoms with Crippen LogP contribution < -0.4 is 11.5 Å². The van der Waals surface area contributed by atoms with E-state index >= 15 is 0 Å². The van der Waals surface area contributed by atoms with E-state index in [1.165, 1.54) is 0 Å². The Balaban J connectivity index is 3.01. The van der Waals surface area contributed by atoms with Crippen molar-refractivity contribution in [1.82, 2.24) is 4.90 Å². The van der Waals surface area contributed by atoms with E-state index in [1.54, 1.807) is 24.3 Å². The monoisotopic (exact) mass is 447 g/mol. The van der Waals surface area contributed by atoms with Crippen LogP contribution in [-0.4, -0.2) is 45.9 Å². The summed E-state index contributed by atoms with van der Waals surface area (Å²) in [6.45, 7) is 4.17. The summed E-state index contributed by atoms with van der Waals surface area (Å²) in [5.41, 5.74) is 13.0. The number of imide groups is 1. The van der Waals surface area contributed by atoms with Crippen molar-refractivity contribution < 1.29 is 19.5 Å². The SMILES string of the molecule is CCCCC[C@H](N)CC(=O)N(C(=O)C[C@@H](N)CCCCC)[C@@H](Cc1ccccc1)C(=O)O. The van der Waals surface area contributed by atoms with Crippen molar-refractivity contribution >= 4 is 17.8 Å². The lowest BCUT2D eigenvalue weighted by atomic mass is 10.00. The van der Waals surface area contributed by atoms with Crippen LogP contribution in [0.3, 0.4) is 0 Å². The highest BCUT2D eigenvalue weighted by Crippen LogP contribution is 2.17. The molecule has 1 aromatic carbocycles. The van der Waals surface area contributed by atoms with Crippen molar-refractivity contribution in [2.24, 2.45) is 11.5 Å². The molecule has 7 heteroatoms. The number of carbonyl (C=O) groups is 3. The molecule has 5 N–H and O–H groups in total. The number of amides is 2. The average molecular weight is 448 g/mol. The minimum atomic E-state index is -1.29. The minimum Gasteiger partial charge on any atom is -0.480 e. The highest BCUT2D eigenvalue weighted by atomic mass is 16.4. The van der Waals surface area contributed by atoms with Gasteiger partial charge in [0.15, 0.2) is 0 Å². The van der Waals surface area contributed by atoms with E-state index in [9.17, 15) is 19.5 Å². The fourth-order valence-corrected chi connectivity index (χ4v) is 3.78. The van der Waals surface area contributed by atoms with Crippen LogP contribution in [0.25, 0.3) is 0 Å². The number of hydrogen-bond donors (Lipinski definition) is 3. The number of carboxylic acids is 1. The number of nitrogens with two attached hydrogens (primary N) is 2. The Labute approximate surface area is 192 Å². The fourth-order valence-electron chi connectivity index (χ4n) is 3.78. The predicted octanol–water partition coefficient (Wildman–Crippen LogP) is 3.63. The number of carbonyl (C=O) groups excluding carboxylic acids is 2. The van der Waals surface area contributed by atoms with Gasteiger partial charge in [0.2, 0.25) is 11.8 Å². The first-order valence-electron chi connectivity index (χ1n) is 11.9. The third-order valence-corrected chi connectivity index (χ3v) is 5.64. The number of hydrogen-bond acceptors (Lipinski definition) is 5. The second kappa shape index (κ2) is 15.5. The number of benzene rings is 1. The molecule has 180 valence electrons. The van der Waals surface area contributed by atoms with Gasteiger partial charge in [-0.05, 0) is 18.4 Å². The van der Waals surface area contributed by atoms with Crippen LogP contribution in [0.4, 0.5) is 0 Å². The molecule has 1 aromatic rings. The highest BCUT2D eigenvalue weighted by molar-refractivity contribution is 5.99. The Hall–Kier alpha value is -2.25. The molecule has 0 saturated heterocycles. The summed E-state index contributed by atoms with van der Waals surface area (Å²) >= 11 is 0. The van der Waals surface area contributed by atoms with E-state index in [2.05, 4.69) is 13.8 Å². The largest absolute Gasteiger partial charge is 0.480 e. The maximum atomic E-state index is 13.1. The van der Waals surface area contributed by atoms with E-state index in [-0.39, 0.29) is 19.3 Å². The molecule has 7 nitrogen and oxygen atoms in total. The summed E-state index contributed by atoms with van der Waals surface area (Å²) in [6, 6.07) is 6.90. The van der Waals surface area contributed by atoms with Gasteiger partial charge in [0.25, 0.3) is 0 Å². The molecule has 0 radical (unpaired) electrons. The topological polar surface area (TPSA) is 127 Å². The second-order valence-corrected chi connectivity index (χ2v) is 8.62. The first-order valence-corrected chi connectivity index (χ1v) is 11.9. The van der Waals surface area contributed by atoms with Gasteiger partial charge in [0, 0.05) is 31.3 Å². The third kappa shape index (κ3) is 10.4. The van der Waals surface area contributed by atoms with Gasteiger partial charge in [-0.15, -0.1) is 0 Å². The van der Waals surface area contributed by atoms with Crippen molar-refractivity contribution in [1.29, 1.82) is 0 Å². The summed E-state index contributed by atoms with van der Waals surface area (Å²) in [7, 11) is 0. The van der Waals surface area contributed by atoms with Crippen LogP contribution in [0.2, 0.25) is 0 Å². The van der Waals surface area contributed by atoms with Gasteiger partial charge in [0.05, 0.1) is 0 Å². The molecule has 0 heterocycles. The van der Waals surface area contributed by atoms with Crippen LogP contribution in [0.15, 0.2) is 30.3 Å². The number of rotatable bonds is 16. The van der Waals surface area contributed by atoms with Crippen molar-refractivity contribution in [2.45, 2.75) is 103 Å². The standard InChI is InChI=1S/C25H41N3O4/c1-3-5-8-14-20(26)17-23(29)28(24(30)18-21(27)15-9-6-4-2)22(25(31)32)16-19-12-10-7-11-13-19/h7,10-13,20-22H,3-6,8-9,14-18,26-27H2,1-2H3,(H,31,32)/t20-,21-,22-/m0/s1. The molecule has 3 atom stereocenters. The highest BCUT2D eigenvalue weighted by Gasteiger charge is 2.35. The molecule has 0 saturated carbocycles. The van der Waals surface area contributed by atoms with Gasteiger partial charge in [-0.3, -0.25) is 14.5 Å². The van der Waals surface area contributed by atoms with Crippen LogP contribution in [0.5, 0.6) is 0 Å². The summed E-state index contributed by atoms with van der Waals surface area (Å²) < 4.78 is 0. The smallest absolute Gasteiger partial charge is 0.327 e. The molecule has 0 aliphatic rings. The summed E-state index contributed by atoms with van der Waals surface area (Å²) in [6.07, 6.45) is 7.16. The van der Waals surface area contributed by atoms with Crippen LogP contribution in [0.1, 0.15) is 83.6 Å². The first kappa shape index (κ1) is 27.8. The lowest BCUT2D eigenvalue weighted by Crippen LogP contribution is -2.52. The maximum Gasteiger partial charge on any atom is 0.327 e. The quantitative estimate of drug-likeness (QED) is 0.332. The Morgan fingerprint density at radius 2 is 1.31 bits per heavy atom. The van der Waals surface area contributed by atoms with Crippen LogP contribution in [-0.2, 0) is 20.8 Å². The van der Waals surface area contributed by atoms with Gasteiger partial charge in [0.1, 0.15) is 6.04 Å². The predicted molar refractivity (Wildman–Crippen MR) is 127 cm³/mol. The van der Waals surface area contributed by atoms with E-state index < -0.39 is 35.9 Å².